The van der Waals surface area contributed by atoms with Gasteiger partial charge in [-0.3, -0.25) is 0 Å². The Kier molecular flexibility index (Phi) is 5.49. The van der Waals surface area contributed by atoms with Crippen molar-refractivity contribution in [2.75, 3.05) is 26.7 Å². The molecule has 2 aliphatic carbocycles. The average molecular weight is 356 g/mol. The molecule has 1 aliphatic heterocycles. The maximum atomic E-state index is 11.0. The molecule has 0 unspecified atom stereocenters. The van der Waals surface area contributed by atoms with Crippen molar-refractivity contribution < 1.29 is 9.84 Å². The third-order valence-electron chi connectivity index (χ3n) is 6.62. The molecule has 4 rings (SSSR count). The van der Waals surface area contributed by atoms with E-state index in [-0.39, 0.29) is 0 Å². The Morgan fingerprint density at radius 1 is 1.08 bits per heavy atom. The first-order valence-electron chi connectivity index (χ1n) is 10.4. The van der Waals surface area contributed by atoms with Gasteiger partial charge in [-0.25, -0.2) is 0 Å². The van der Waals surface area contributed by atoms with Crippen molar-refractivity contribution in [1.82, 2.24) is 4.90 Å². The van der Waals surface area contributed by atoms with Crippen molar-refractivity contribution in [3.63, 3.8) is 0 Å². The molecule has 3 nitrogen and oxygen atoms in total. The number of benzene rings is 1. The smallest absolute Gasteiger partial charge is 0.0898 e. The van der Waals surface area contributed by atoms with Crippen molar-refractivity contribution in [2.45, 2.75) is 63.1 Å². The average Bonchev–Trinajstić information content (AvgIpc) is 3.49. The van der Waals surface area contributed by atoms with Crippen LogP contribution in [0.4, 0.5) is 0 Å². The number of aliphatic hydroxyl groups is 1. The van der Waals surface area contributed by atoms with E-state index in [1.165, 1.54) is 50.9 Å². The summed E-state index contributed by atoms with van der Waals surface area (Å²) in [6.07, 6.45) is 11.5. The highest BCUT2D eigenvalue weighted by Gasteiger charge is 2.34. The van der Waals surface area contributed by atoms with Crippen LogP contribution >= 0.6 is 0 Å². The first kappa shape index (κ1) is 18.2. The van der Waals surface area contributed by atoms with Crippen molar-refractivity contribution in [3.8, 4) is 0 Å². The number of piperidine rings is 1. The lowest BCUT2D eigenvalue weighted by Crippen LogP contribution is -2.33. The molecule has 0 atom stereocenters. The van der Waals surface area contributed by atoms with Crippen LogP contribution in [0, 0.1) is 5.92 Å². The van der Waals surface area contributed by atoms with Crippen LogP contribution in [0.5, 0.6) is 0 Å². The molecule has 0 bridgehead atoms. The monoisotopic (exact) mass is 355 g/mol. The molecule has 3 aliphatic rings. The fraction of sp³-hybridized carbons (Fsp3) is 0.652. The zero-order chi connectivity index (χ0) is 18.0. The number of likely N-dealkylation sites (tertiary alicyclic amines) is 1. The van der Waals surface area contributed by atoms with Crippen molar-refractivity contribution in [3.05, 3.63) is 41.0 Å². The van der Waals surface area contributed by atoms with Crippen LogP contribution in [0.1, 0.15) is 62.5 Å². The summed E-state index contributed by atoms with van der Waals surface area (Å²) in [6, 6.07) is 8.61. The van der Waals surface area contributed by atoms with Gasteiger partial charge < -0.3 is 14.7 Å². The fourth-order valence-electron chi connectivity index (χ4n) is 4.55. The Morgan fingerprint density at radius 2 is 1.73 bits per heavy atom. The SMILES string of the molecule is COC1CCC(O)(c2ccc(C=C3CCN(CC4CC4)CC3)cc2)CC1. The van der Waals surface area contributed by atoms with Crippen LogP contribution in [0.15, 0.2) is 29.8 Å². The minimum absolute atomic E-state index is 0.310. The van der Waals surface area contributed by atoms with Gasteiger partial charge in [-0.1, -0.05) is 35.9 Å². The quantitative estimate of drug-likeness (QED) is 0.852. The van der Waals surface area contributed by atoms with Crippen molar-refractivity contribution in [1.29, 1.82) is 0 Å². The van der Waals surface area contributed by atoms with Crippen LogP contribution in [-0.4, -0.2) is 42.9 Å². The van der Waals surface area contributed by atoms with Gasteiger partial charge in [0.25, 0.3) is 0 Å². The minimum atomic E-state index is -0.672. The summed E-state index contributed by atoms with van der Waals surface area (Å²) in [5, 5.41) is 11.0. The number of rotatable bonds is 5. The van der Waals surface area contributed by atoms with E-state index in [0.717, 1.165) is 37.2 Å². The van der Waals surface area contributed by atoms with E-state index in [2.05, 4.69) is 35.2 Å². The first-order valence-corrected chi connectivity index (χ1v) is 10.4. The summed E-state index contributed by atoms with van der Waals surface area (Å²) in [4.78, 5) is 2.64. The molecule has 26 heavy (non-hydrogen) atoms. The van der Waals surface area contributed by atoms with Gasteiger partial charge in [0.15, 0.2) is 0 Å². The van der Waals surface area contributed by atoms with Gasteiger partial charge in [0.2, 0.25) is 0 Å². The van der Waals surface area contributed by atoms with Crippen LogP contribution < -0.4 is 0 Å². The Labute approximate surface area is 158 Å². The minimum Gasteiger partial charge on any atom is -0.385 e. The second-order valence-electron chi connectivity index (χ2n) is 8.64. The number of hydrogen-bond acceptors (Lipinski definition) is 3. The zero-order valence-electron chi connectivity index (χ0n) is 16.1. The van der Waals surface area contributed by atoms with E-state index >= 15 is 0 Å². The summed E-state index contributed by atoms with van der Waals surface area (Å²) in [5.74, 6) is 0.998. The van der Waals surface area contributed by atoms with Crippen LogP contribution in [-0.2, 0) is 10.3 Å². The lowest BCUT2D eigenvalue weighted by atomic mass is 9.78. The molecule has 0 aromatic heterocycles. The molecule has 3 heteroatoms. The summed E-state index contributed by atoms with van der Waals surface area (Å²) in [5.41, 5.74) is 3.24. The number of methoxy groups -OCH3 is 1. The molecular formula is C23H33NO2. The summed E-state index contributed by atoms with van der Waals surface area (Å²) >= 11 is 0. The Balaban J connectivity index is 1.34. The second-order valence-corrected chi connectivity index (χ2v) is 8.64. The first-order chi connectivity index (χ1) is 12.6. The number of ether oxygens (including phenoxy) is 1. The van der Waals surface area contributed by atoms with E-state index in [1.807, 2.05) is 0 Å². The molecule has 2 saturated carbocycles. The molecule has 0 radical (unpaired) electrons. The Hall–Kier alpha value is -1.16. The fourth-order valence-corrected chi connectivity index (χ4v) is 4.55. The highest BCUT2D eigenvalue weighted by Crippen LogP contribution is 2.38. The Bertz CT molecular complexity index is 614. The van der Waals surface area contributed by atoms with Gasteiger partial charge in [0.1, 0.15) is 0 Å². The summed E-state index contributed by atoms with van der Waals surface area (Å²) in [7, 11) is 1.77. The molecule has 1 aromatic rings. The highest BCUT2D eigenvalue weighted by atomic mass is 16.5. The van der Waals surface area contributed by atoms with E-state index in [0.29, 0.717) is 6.10 Å². The lowest BCUT2D eigenvalue weighted by molar-refractivity contribution is -0.0474. The molecule has 1 aromatic carbocycles. The summed E-state index contributed by atoms with van der Waals surface area (Å²) in [6.45, 7) is 3.77. The topological polar surface area (TPSA) is 32.7 Å². The predicted octanol–water partition coefficient (Wildman–Crippen LogP) is 4.35. The van der Waals surface area contributed by atoms with Gasteiger partial charge in [-0.2, -0.15) is 0 Å². The number of nitrogens with zero attached hydrogens (tertiary/aromatic N) is 1. The maximum Gasteiger partial charge on any atom is 0.0898 e. The molecular weight excluding hydrogens is 322 g/mol. The van der Waals surface area contributed by atoms with Crippen LogP contribution in [0.3, 0.4) is 0 Å². The molecule has 1 N–H and O–H groups in total. The lowest BCUT2D eigenvalue weighted by Gasteiger charge is -2.36. The van der Waals surface area contributed by atoms with Gasteiger partial charge >= 0.3 is 0 Å². The van der Waals surface area contributed by atoms with Crippen molar-refractivity contribution >= 4 is 6.08 Å². The second kappa shape index (κ2) is 7.84. The molecule has 1 heterocycles. The normalized spacial score (nSPS) is 30.4. The Morgan fingerprint density at radius 3 is 2.31 bits per heavy atom. The molecule has 0 spiro atoms. The molecule has 142 valence electrons. The van der Waals surface area contributed by atoms with Crippen molar-refractivity contribution in [2.24, 2.45) is 5.92 Å². The maximum absolute atomic E-state index is 11.0. The molecule has 3 fully saturated rings. The molecule has 1 saturated heterocycles. The largest absolute Gasteiger partial charge is 0.385 e. The van der Waals surface area contributed by atoms with Crippen LogP contribution in [0.25, 0.3) is 6.08 Å². The van der Waals surface area contributed by atoms with E-state index < -0.39 is 5.60 Å². The highest BCUT2D eigenvalue weighted by molar-refractivity contribution is 5.54. The van der Waals surface area contributed by atoms with Gasteiger partial charge in [-0.15, -0.1) is 0 Å². The number of hydrogen-bond donors (Lipinski definition) is 1. The van der Waals surface area contributed by atoms with Gasteiger partial charge in [0, 0.05) is 26.7 Å². The van der Waals surface area contributed by atoms with Gasteiger partial charge in [-0.05, 0) is 68.4 Å². The van der Waals surface area contributed by atoms with E-state index in [9.17, 15) is 5.11 Å². The summed E-state index contributed by atoms with van der Waals surface area (Å²) < 4.78 is 5.43. The van der Waals surface area contributed by atoms with E-state index in [4.69, 9.17) is 4.74 Å². The molecule has 0 amide bonds. The van der Waals surface area contributed by atoms with E-state index in [1.54, 1.807) is 12.7 Å². The predicted molar refractivity (Wildman–Crippen MR) is 106 cm³/mol. The third kappa shape index (κ3) is 4.39. The van der Waals surface area contributed by atoms with Crippen LogP contribution in [0.2, 0.25) is 0 Å². The van der Waals surface area contributed by atoms with Gasteiger partial charge in [0.05, 0.1) is 11.7 Å². The third-order valence-corrected chi connectivity index (χ3v) is 6.62. The zero-order valence-corrected chi connectivity index (χ0v) is 16.1. The standard InChI is InChI=1S/C23H33NO2/c1-26-22-8-12-23(25,13-9-22)21-6-4-18(5-7-21)16-19-10-14-24(15-11-19)17-20-2-3-20/h4-7,16,20,22,25H,2-3,8-15,17H2,1H3.